The number of hydrogen-bond acceptors (Lipinski definition) is 2. The van der Waals surface area contributed by atoms with E-state index in [0.717, 1.165) is 5.56 Å². The van der Waals surface area contributed by atoms with Crippen LogP contribution >= 0.6 is 0 Å². The first-order chi connectivity index (χ1) is 6.52. The third-order valence-corrected chi connectivity index (χ3v) is 2.17. The minimum absolute atomic E-state index is 0.158. The molecule has 1 aromatic rings. The summed E-state index contributed by atoms with van der Waals surface area (Å²) >= 11 is 0. The number of benzene rings is 1. The van der Waals surface area contributed by atoms with Gasteiger partial charge in [0.25, 0.3) is 0 Å². The van der Waals surface area contributed by atoms with E-state index in [0.29, 0.717) is 12.0 Å². The summed E-state index contributed by atoms with van der Waals surface area (Å²) in [5.41, 5.74) is 2.57. The lowest BCUT2D eigenvalue weighted by molar-refractivity contribution is 0.438. The third-order valence-electron chi connectivity index (χ3n) is 2.17. The Balaban J connectivity index is 3.07. The van der Waals surface area contributed by atoms with Gasteiger partial charge in [0.15, 0.2) is 0 Å². The first-order valence-electron chi connectivity index (χ1n) is 4.66. The van der Waals surface area contributed by atoms with Crippen LogP contribution in [0.1, 0.15) is 25.0 Å². The van der Waals surface area contributed by atoms with E-state index in [2.05, 4.69) is 0 Å². The molecule has 0 aliphatic heterocycles. The minimum atomic E-state index is 0.158. The molecule has 76 valence electrons. The van der Waals surface area contributed by atoms with E-state index < -0.39 is 0 Å². The van der Waals surface area contributed by atoms with E-state index in [-0.39, 0.29) is 11.5 Å². The van der Waals surface area contributed by atoms with Crippen molar-refractivity contribution in [2.45, 2.75) is 27.2 Å². The molecular weight excluding hydrogens is 176 g/mol. The van der Waals surface area contributed by atoms with Crippen LogP contribution in [-0.4, -0.2) is 10.2 Å². The van der Waals surface area contributed by atoms with E-state index in [1.165, 1.54) is 5.57 Å². The summed E-state index contributed by atoms with van der Waals surface area (Å²) in [5, 5.41) is 19.2. The van der Waals surface area contributed by atoms with Crippen molar-refractivity contribution >= 4 is 0 Å². The zero-order valence-electron chi connectivity index (χ0n) is 8.83. The van der Waals surface area contributed by atoms with Crippen molar-refractivity contribution in [2.75, 3.05) is 0 Å². The summed E-state index contributed by atoms with van der Waals surface area (Å²) in [7, 11) is 0. The molecule has 0 unspecified atom stereocenters. The smallest absolute Gasteiger partial charge is 0.125 e. The standard InChI is InChI=1S/C12H16O2/c1-8(2)4-6-10-11(13)7-5-9(3)12(10)14/h4-5,7,13-14H,6H2,1-3H3. The molecule has 0 saturated carbocycles. The van der Waals surface area contributed by atoms with E-state index >= 15 is 0 Å². The van der Waals surface area contributed by atoms with Crippen LogP contribution < -0.4 is 0 Å². The van der Waals surface area contributed by atoms with Crippen LogP contribution in [0, 0.1) is 6.92 Å². The molecule has 0 aliphatic rings. The highest BCUT2D eigenvalue weighted by Crippen LogP contribution is 2.30. The van der Waals surface area contributed by atoms with Crippen molar-refractivity contribution < 1.29 is 10.2 Å². The Kier molecular flexibility index (Phi) is 3.18. The fourth-order valence-electron chi connectivity index (χ4n) is 1.25. The Labute approximate surface area is 84.5 Å². The van der Waals surface area contributed by atoms with E-state index in [1.807, 2.05) is 26.8 Å². The number of aryl methyl sites for hydroxylation is 1. The largest absolute Gasteiger partial charge is 0.508 e. The predicted octanol–water partition coefficient (Wildman–Crippen LogP) is 2.91. The first-order valence-corrected chi connectivity index (χ1v) is 4.66. The van der Waals surface area contributed by atoms with Gasteiger partial charge in [0.1, 0.15) is 11.5 Å². The Morgan fingerprint density at radius 3 is 2.50 bits per heavy atom. The lowest BCUT2D eigenvalue weighted by atomic mass is 10.0. The van der Waals surface area contributed by atoms with Crippen molar-refractivity contribution in [3.8, 4) is 11.5 Å². The fourth-order valence-corrected chi connectivity index (χ4v) is 1.25. The van der Waals surface area contributed by atoms with Gasteiger partial charge in [-0.15, -0.1) is 0 Å². The molecule has 2 heteroatoms. The first kappa shape index (κ1) is 10.6. The summed E-state index contributed by atoms with van der Waals surface area (Å²) in [6, 6.07) is 3.32. The predicted molar refractivity (Wildman–Crippen MR) is 57.6 cm³/mol. The van der Waals surface area contributed by atoms with Crippen LogP contribution in [0.25, 0.3) is 0 Å². The maximum atomic E-state index is 9.70. The van der Waals surface area contributed by atoms with Crippen molar-refractivity contribution in [3.05, 3.63) is 34.9 Å². The zero-order chi connectivity index (χ0) is 10.7. The van der Waals surface area contributed by atoms with Gasteiger partial charge in [0, 0.05) is 5.56 Å². The average molecular weight is 192 g/mol. The molecule has 0 fully saturated rings. The van der Waals surface area contributed by atoms with Crippen LogP contribution in [0.5, 0.6) is 11.5 Å². The molecular formula is C12H16O2. The summed E-state index contributed by atoms with van der Waals surface area (Å²) in [5.74, 6) is 0.355. The zero-order valence-corrected chi connectivity index (χ0v) is 8.83. The van der Waals surface area contributed by atoms with Gasteiger partial charge in [-0.05, 0) is 38.8 Å². The summed E-state index contributed by atoms with van der Waals surface area (Å²) in [6.07, 6.45) is 2.55. The molecule has 2 N–H and O–H groups in total. The van der Waals surface area contributed by atoms with Gasteiger partial charge in [-0.1, -0.05) is 17.7 Å². The second-order valence-corrected chi connectivity index (χ2v) is 3.71. The number of phenols is 2. The average Bonchev–Trinajstić information content (AvgIpc) is 2.11. The second kappa shape index (κ2) is 4.18. The lowest BCUT2D eigenvalue weighted by Crippen LogP contribution is -1.87. The molecule has 0 aliphatic carbocycles. The Morgan fingerprint density at radius 1 is 1.29 bits per heavy atom. The van der Waals surface area contributed by atoms with Gasteiger partial charge in [-0.2, -0.15) is 0 Å². The number of allylic oxidation sites excluding steroid dienone is 2. The van der Waals surface area contributed by atoms with Gasteiger partial charge in [0.05, 0.1) is 0 Å². The molecule has 1 aromatic carbocycles. The molecule has 0 bridgehead atoms. The maximum Gasteiger partial charge on any atom is 0.125 e. The lowest BCUT2D eigenvalue weighted by Gasteiger charge is -2.07. The Hall–Kier alpha value is -1.44. The normalized spacial score (nSPS) is 9.93. The molecule has 1 rings (SSSR count). The van der Waals surface area contributed by atoms with E-state index in [4.69, 9.17) is 0 Å². The van der Waals surface area contributed by atoms with Crippen LogP contribution in [0.2, 0.25) is 0 Å². The number of rotatable bonds is 2. The Bertz CT molecular complexity index is 361. The molecule has 0 amide bonds. The second-order valence-electron chi connectivity index (χ2n) is 3.71. The molecule has 0 aromatic heterocycles. The summed E-state index contributed by atoms with van der Waals surface area (Å²) in [4.78, 5) is 0. The maximum absolute atomic E-state index is 9.70. The summed E-state index contributed by atoms with van der Waals surface area (Å²) in [6.45, 7) is 5.80. The SMILES string of the molecule is CC(C)=CCc1c(O)ccc(C)c1O. The minimum Gasteiger partial charge on any atom is -0.508 e. The number of hydrogen-bond donors (Lipinski definition) is 2. The highest BCUT2D eigenvalue weighted by molar-refractivity contribution is 5.48. The van der Waals surface area contributed by atoms with Crippen molar-refractivity contribution in [1.82, 2.24) is 0 Å². The van der Waals surface area contributed by atoms with Crippen LogP contribution in [0.3, 0.4) is 0 Å². The molecule has 0 spiro atoms. The summed E-state index contributed by atoms with van der Waals surface area (Å²) < 4.78 is 0. The van der Waals surface area contributed by atoms with Crippen molar-refractivity contribution in [2.24, 2.45) is 0 Å². The van der Waals surface area contributed by atoms with Gasteiger partial charge < -0.3 is 10.2 Å². The fraction of sp³-hybridized carbons (Fsp3) is 0.333. The van der Waals surface area contributed by atoms with Gasteiger partial charge in [0.2, 0.25) is 0 Å². The van der Waals surface area contributed by atoms with Crippen molar-refractivity contribution in [1.29, 1.82) is 0 Å². The molecule has 0 atom stereocenters. The van der Waals surface area contributed by atoms with Gasteiger partial charge in [-0.3, -0.25) is 0 Å². The van der Waals surface area contributed by atoms with Gasteiger partial charge >= 0.3 is 0 Å². The molecule has 0 radical (unpaired) electrons. The quantitative estimate of drug-likeness (QED) is 0.707. The van der Waals surface area contributed by atoms with Crippen LogP contribution in [0.4, 0.5) is 0 Å². The molecule has 14 heavy (non-hydrogen) atoms. The molecule has 0 saturated heterocycles. The molecule has 0 heterocycles. The monoisotopic (exact) mass is 192 g/mol. The highest BCUT2D eigenvalue weighted by Gasteiger charge is 2.07. The topological polar surface area (TPSA) is 40.5 Å². The van der Waals surface area contributed by atoms with Crippen molar-refractivity contribution in [3.63, 3.8) is 0 Å². The molecule has 2 nitrogen and oxygen atoms in total. The van der Waals surface area contributed by atoms with Gasteiger partial charge in [-0.25, -0.2) is 0 Å². The highest BCUT2D eigenvalue weighted by atomic mass is 16.3. The Morgan fingerprint density at radius 2 is 1.93 bits per heavy atom. The van der Waals surface area contributed by atoms with E-state index in [1.54, 1.807) is 12.1 Å². The number of aromatic hydroxyl groups is 2. The van der Waals surface area contributed by atoms with E-state index in [9.17, 15) is 10.2 Å². The third kappa shape index (κ3) is 2.28. The van der Waals surface area contributed by atoms with Crippen LogP contribution in [0.15, 0.2) is 23.8 Å². The van der Waals surface area contributed by atoms with Crippen LogP contribution in [-0.2, 0) is 6.42 Å². The number of phenolic OH excluding ortho intramolecular Hbond substituents is 2.